The van der Waals surface area contributed by atoms with Crippen LogP contribution in [0, 0.1) is 19.3 Å². The molecule has 0 unspecified atom stereocenters. The van der Waals surface area contributed by atoms with Crippen molar-refractivity contribution in [3.63, 3.8) is 0 Å². The highest BCUT2D eigenvalue weighted by Gasteiger charge is 2.32. The van der Waals surface area contributed by atoms with E-state index in [9.17, 15) is 24.0 Å². The van der Waals surface area contributed by atoms with Gasteiger partial charge in [0.05, 0.1) is 13.0 Å². The zero-order valence-electron chi connectivity index (χ0n) is 23.7. The third-order valence-corrected chi connectivity index (χ3v) is 3.83. The quantitative estimate of drug-likeness (QED) is 0.110. The molecule has 0 spiro atoms. The number of hydroxylamine groups is 2. The van der Waals surface area contributed by atoms with Gasteiger partial charge in [0.2, 0.25) is 11.8 Å². The van der Waals surface area contributed by atoms with E-state index in [0.717, 1.165) is 0 Å². The van der Waals surface area contributed by atoms with Crippen LogP contribution in [0.5, 0.6) is 0 Å². The Kier molecular flexibility index (Phi) is 27.3. The maximum Gasteiger partial charge on any atom is 0.333 e. The van der Waals surface area contributed by atoms with Crippen molar-refractivity contribution in [2.24, 2.45) is 16.0 Å². The highest BCUT2D eigenvalue weighted by atomic mass is 16.7. The first kappa shape index (κ1) is 40.3. The summed E-state index contributed by atoms with van der Waals surface area (Å²) in [6, 6.07) is 0. The van der Waals surface area contributed by atoms with Gasteiger partial charge in [-0.3, -0.25) is 19.2 Å². The van der Waals surface area contributed by atoms with Crippen molar-refractivity contribution in [1.29, 1.82) is 0 Å². The molecule has 2 rings (SSSR count). The Bertz CT molecular complexity index is 1070. The van der Waals surface area contributed by atoms with Crippen molar-refractivity contribution < 1.29 is 28.8 Å². The number of nitrogens with two attached hydrogens (primary N) is 1. The number of hydrogen-bond acceptors (Lipinski definition) is 12. The molecule has 1 aliphatic heterocycles. The van der Waals surface area contributed by atoms with Gasteiger partial charge in [0, 0.05) is 62.7 Å². The summed E-state index contributed by atoms with van der Waals surface area (Å²) in [7, 11) is 4.64. The highest BCUT2D eigenvalue weighted by molar-refractivity contribution is 6.01. The van der Waals surface area contributed by atoms with Gasteiger partial charge in [-0.15, -0.1) is 27.6 Å². The Labute approximate surface area is 236 Å². The topological polar surface area (TPSA) is 289 Å². The highest BCUT2D eigenvalue weighted by Crippen LogP contribution is 2.12. The van der Waals surface area contributed by atoms with Crippen LogP contribution in [0.1, 0.15) is 44.9 Å². The monoisotopic (exact) mass is 580 g/mol. The number of azide groups is 2. The number of aromatic nitrogens is 4. The fraction of sp³-hybridized carbons (Fsp3) is 0.619. The van der Waals surface area contributed by atoms with Crippen LogP contribution < -0.4 is 16.4 Å². The number of nitrogens with zero attached hydrogens (tertiary/aromatic N) is 11. The van der Waals surface area contributed by atoms with E-state index in [2.05, 4.69) is 69.0 Å². The van der Waals surface area contributed by atoms with Gasteiger partial charge in [-0.2, -0.15) is 4.80 Å². The zero-order valence-corrected chi connectivity index (χ0v) is 23.7. The number of amides is 4. The van der Waals surface area contributed by atoms with Crippen LogP contribution >= 0.6 is 0 Å². The molecule has 4 amide bonds. The molecule has 1 aromatic heterocycles. The smallest absolute Gasteiger partial charge is 0.333 e. The zero-order chi connectivity index (χ0) is 32.1. The Morgan fingerprint density at radius 1 is 1.02 bits per heavy atom. The van der Waals surface area contributed by atoms with Gasteiger partial charge >= 0.3 is 5.97 Å². The van der Waals surface area contributed by atoms with Gasteiger partial charge in [0.1, 0.15) is 0 Å². The Morgan fingerprint density at radius 3 is 1.90 bits per heavy atom. The molecule has 2 heterocycles. The molecule has 20 heteroatoms. The molecule has 0 aromatic carbocycles. The Morgan fingerprint density at radius 2 is 1.49 bits per heavy atom. The molecule has 226 valence electrons. The molecule has 1 saturated heterocycles. The molecule has 1 aromatic rings. The summed E-state index contributed by atoms with van der Waals surface area (Å²) in [5, 5.41) is 23.0. The molecule has 1 aliphatic rings. The lowest BCUT2D eigenvalue weighted by Crippen LogP contribution is -2.32. The molecule has 0 bridgehead atoms. The van der Waals surface area contributed by atoms with Crippen LogP contribution in [0.25, 0.3) is 20.9 Å². The summed E-state index contributed by atoms with van der Waals surface area (Å²) < 4.78 is 0. The number of terminal acetylenes is 1. The first-order chi connectivity index (χ1) is 19.6. The van der Waals surface area contributed by atoms with Gasteiger partial charge < -0.3 is 21.2 Å². The minimum absolute atomic E-state index is 0.0232. The van der Waals surface area contributed by atoms with Gasteiger partial charge in [0.15, 0.2) is 5.82 Å². The van der Waals surface area contributed by atoms with Crippen molar-refractivity contribution in [2.75, 3.05) is 34.2 Å². The summed E-state index contributed by atoms with van der Waals surface area (Å²) in [5.41, 5.74) is 20.2. The van der Waals surface area contributed by atoms with Crippen LogP contribution in [0.3, 0.4) is 0 Å². The molecule has 0 atom stereocenters. The van der Waals surface area contributed by atoms with Crippen LogP contribution in [0.15, 0.2) is 10.2 Å². The average Bonchev–Trinajstić information content (AvgIpc) is 3.53. The normalized spacial score (nSPS) is 10.4. The van der Waals surface area contributed by atoms with Crippen molar-refractivity contribution in [2.45, 2.75) is 52.5 Å². The minimum atomic E-state index is -0.772. The molecular weight excluding hydrogens is 544 g/mol. The second-order valence-electron chi connectivity index (χ2n) is 6.77. The number of rotatable bonds is 10. The first-order valence-corrected chi connectivity index (χ1v) is 11.8. The van der Waals surface area contributed by atoms with E-state index in [1.165, 1.54) is 11.8 Å². The first-order valence-electron chi connectivity index (χ1n) is 11.8. The van der Waals surface area contributed by atoms with Crippen LogP contribution in [0.2, 0.25) is 0 Å². The van der Waals surface area contributed by atoms with Crippen LogP contribution in [-0.2, 0) is 35.4 Å². The second kappa shape index (κ2) is 27.8. The summed E-state index contributed by atoms with van der Waals surface area (Å²) in [5.74, 6) is 0.902. The number of carbonyl (C=O) groups excluding carboxylic acids is 5. The summed E-state index contributed by atoms with van der Waals surface area (Å²) in [4.78, 5) is 65.0. The van der Waals surface area contributed by atoms with Gasteiger partial charge in [-0.1, -0.05) is 10.2 Å². The Balaban J connectivity index is -0.000000501. The number of tetrazole rings is 1. The van der Waals surface area contributed by atoms with E-state index in [1.807, 2.05) is 0 Å². The standard InChI is InChI=1S/C7H8N4O4.C6H11N5O.C4H8N4O.C3H4.CH5N/c8-10-9-4-3-7(14)15-11-5(12)1-2-6(11)13;1-5-8-10-11(9-5)4-3-6(12)7-2;1-6-4(9)2-3-7-8-5;1-3-2;1-2/h1-4H2;3-4H2,1-2H3,(H,7,12);2-3H2,1H3,(H,6,9);1H,2H3;2H2,1H3. The molecule has 4 N–H and O–H groups in total. The SMILES string of the molecule is C#CC.CN.CNC(=O)CCN=[N+]=[N-].CNC(=O)CCn1nnc(C)n1.[N-]=[N+]=NCCC(=O)ON1C(=O)CCC1=O. The maximum atomic E-state index is 11.0. The lowest BCUT2D eigenvalue weighted by molar-refractivity contribution is -0.197. The van der Waals surface area contributed by atoms with Crippen molar-refractivity contribution in [3.8, 4) is 12.3 Å². The van der Waals surface area contributed by atoms with Crippen LogP contribution in [-0.4, -0.2) is 89.1 Å². The second-order valence-corrected chi connectivity index (χ2v) is 6.77. The van der Waals surface area contributed by atoms with Crippen molar-refractivity contribution >= 4 is 29.6 Å². The van der Waals surface area contributed by atoms with E-state index in [1.54, 1.807) is 27.9 Å². The van der Waals surface area contributed by atoms with Crippen LogP contribution in [0.4, 0.5) is 0 Å². The molecule has 0 radical (unpaired) electrons. The fourth-order valence-corrected chi connectivity index (χ4v) is 2.06. The van der Waals surface area contributed by atoms with Gasteiger partial charge in [0.25, 0.3) is 11.8 Å². The number of aryl methyl sites for hydroxylation is 2. The third kappa shape index (κ3) is 23.6. The predicted molar refractivity (Wildman–Crippen MR) is 144 cm³/mol. The number of imide groups is 1. The summed E-state index contributed by atoms with van der Waals surface area (Å²) >= 11 is 0. The molecule has 1 fully saturated rings. The lowest BCUT2D eigenvalue weighted by atomic mass is 10.4. The van der Waals surface area contributed by atoms with Gasteiger partial charge in [-0.05, 0) is 37.2 Å². The van der Waals surface area contributed by atoms with E-state index >= 15 is 0 Å². The van der Waals surface area contributed by atoms with E-state index in [0.29, 0.717) is 23.9 Å². The summed E-state index contributed by atoms with van der Waals surface area (Å²) in [6.45, 7) is 4.05. The molecule has 0 aliphatic carbocycles. The molecule has 0 saturated carbocycles. The van der Waals surface area contributed by atoms with E-state index in [4.69, 9.17) is 11.1 Å². The molecule has 20 nitrogen and oxygen atoms in total. The minimum Gasteiger partial charge on any atom is -0.359 e. The van der Waals surface area contributed by atoms with E-state index in [-0.39, 0.29) is 50.6 Å². The summed E-state index contributed by atoms with van der Waals surface area (Å²) in [6.07, 6.45) is 5.19. The third-order valence-electron chi connectivity index (χ3n) is 3.83. The average molecular weight is 581 g/mol. The maximum absolute atomic E-state index is 11.0. The largest absolute Gasteiger partial charge is 0.359 e. The van der Waals surface area contributed by atoms with Crippen molar-refractivity contribution in [3.05, 3.63) is 26.7 Å². The fourth-order valence-electron chi connectivity index (χ4n) is 2.06. The lowest BCUT2D eigenvalue weighted by Gasteiger charge is -2.11. The molecular formula is C21H36N14O6. The van der Waals surface area contributed by atoms with Gasteiger partial charge in [-0.25, -0.2) is 4.79 Å². The Hall–Kier alpha value is -5.24. The number of carbonyl (C=O) groups is 5. The predicted octanol–water partition coefficient (Wildman–Crippen LogP) is 0.0588. The number of hydrogen-bond donors (Lipinski definition) is 3. The van der Waals surface area contributed by atoms with Crippen molar-refractivity contribution in [1.82, 2.24) is 35.9 Å². The number of nitrogens with one attached hydrogen (secondary N) is 2. The molecule has 41 heavy (non-hydrogen) atoms. The van der Waals surface area contributed by atoms with E-state index < -0.39 is 17.8 Å².